The molecule has 1 aromatic carbocycles. The van der Waals surface area contributed by atoms with Crippen molar-refractivity contribution in [1.29, 1.82) is 0 Å². The Hall–Kier alpha value is -1.84. The standard InChI is InChI=1S/C15H20N2O2/c1-5-8-17-14-10(3)7-6-9(2)12(14)13(15(17)19)16-11(4)18/h6-7,13H,5,8H2,1-4H3,(H,16,18)/t13-/m0/s1. The molecule has 102 valence electrons. The number of anilines is 1. The molecule has 0 fully saturated rings. The minimum atomic E-state index is -0.529. The summed E-state index contributed by atoms with van der Waals surface area (Å²) in [5.74, 6) is -0.201. The van der Waals surface area contributed by atoms with Gasteiger partial charge in [0, 0.05) is 19.0 Å². The molecule has 0 radical (unpaired) electrons. The van der Waals surface area contributed by atoms with E-state index in [0.717, 1.165) is 28.8 Å². The van der Waals surface area contributed by atoms with E-state index in [1.807, 2.05) is 32.9 Å². The van der Waals surface area contributed by atoms with Crippen LogP contribution < -0.4 is 10.2 Å². The third-order valence-electron chi connectivity index (χ3n) is 3.50. The van der Waals surface area contributed by atoms with Gasteiger partial charge in [-0.15, -0.1) is 0 Å². The number of nitrogens with zero attached hydrogens (tertiary/aromatic N) is 1. The molecule has 0 saturated carbocycles. The van der Waals surface area contributed by atoms with E-state index in [0.29, 0.717) is 6.54 Å². The zero-order valence-electron chi connectivity index (χ0n) is 11.9. The van der Waals surface area contributed by atoms with Crippen LogP contribution in [0.1, 0.15) is 43.0 Å². The lowest BCUT2D eigenvalue weighted by molar-refractivity contribution is -0.126. The van der Waals surface area contributed by atoms with Crippen molar-refractivity contribution in [3.8, 4) is 0 Å². The third kappa shape index (κ3) is 2.23. The van der Waals surface area contributed by atoms with Crippen LogP contribution in [0, 0.1) is 13.8 Å². The zero-order chi connectivity index (χ0) is 14.2. The van der Waals surface area contributed by atoms with E-state index in [2.05, 4.69) is 5.32 Å². The van der Waals surface area contributed by atoms with Gasteiger partial charge in [0.1, 0.15) is 6.04 Å². The molecule has 1 aliphatic heterocycles. The molecule has 1 aliphatic rings. The maximum atomic E-state index is 12.5. The molecule has 4 heteroatoms. The van der Waals surface area contributed by atoms with Crippen molar-refractivity contribution in [3.63, 3.8) is 0 Å². The summed E-state index contributed by atoms with van der Waals surface area (Å²) in [6.07, 6.45) is 0.894. The minimum Gasteiger partial charge on any atom is -0.341 e. The lowest BCUT2D eigenvalue weighted by Gasteiger charge is -2.18. The van der Waals surface area contributed by atoms with Crippen LogP contribution in [0.25, 0.3) is 0 Å². The van der Waals surface area contributed by atoms with Gasteiger partial charge in [-0.1, -0.05) is 19.1 Å². The Morgan fingerprint density at radius 1 is 1.32 bits per heavy atom. The Balaban J connectivity index is 2.56. The number of fused-ring (bicyclic) bond motifs is 1. The molecular formula is C15H20N2O2. The van der Waals surface area contributed by atoms with Gasteiger partial charge in [-0.25, -0.2) is 0 Å². The first-order valence-corrected chi connectivity index (χ1v) is 6.66. The largest absolute Gasteiger partial charge is 0.341 e. The normalized spacial score (nSPS) is 17.6. The van der Waals surface area contributed by atoms with Gasteiger partial charge in [0.25, 0.3) is 5.91 Å². The predicted octanol–water partition coefficient (Wildman–Crippen LogP) is 2.24. The highest BCUT2D eigenvalue weighted by Gasteiger charge is 2.39. The smallest absolute Gasteiger partial charge is 0.254 e. The topological polar surface area (TPSA) is 49.4 Å². The quantitative estimate of drug-likeness (QED) is 0.906. The fourth-order valence-corrected chi connectivity index (χ4v) is 2.71. The molecule has 2 amide bonds. The molecular weight excluding hydrogens is 240 g/mol. The number of hydrogen-bond acceptors (Lipinski definition) is 2. The highest BCUT2D eigenvalue weighted by Crippen LogP contribution is 2.40. The molecule has 0 aromatic heterocycles. The molecule has 0 unspecified atom stereocenters. The summed E-state index contributed by atoms with van der Waals surface area (Å²) in [5, 5.41) is 2.77. The number of carbonyl (C=O) groups is 2. The fourth-order valence-electron chi connectivity index (χ4n) is 2.71. The molecule has 1 N–H and O–H groups in total. The van der Waals surface area contributed by atoms with Crippen LogP contribution in [0.3, 0.4) is 0 Å². The number of nitrogens with one attached hydrogen (secondary N) is 1. The number of carbonyl (C=O) groups excluding carboxylic acids is 2. The van der Waals surface area contributed by atoms with Crippen LogP contribution in [0.2, 0.25) is 0 Å². The first kappa shape index (κ1) is 13.6. The lowest BCUT2D eigenvalue weighted by atomic mass is 9.99. The monoisotopic (exact) mass is 260 g/mol. The Labute approximate surface area is 113 Å². The van der Waals surface area contributed by atoms with Crippen molar-refractivity contribution in [2.45, 2.75) is 40.2 Å². The van der Waals surface area contributed by atoms with E-state index in [4.69, 9.17) is 0 Å². The van der Waals surface area contributed by atoms with E-state index in [9.17, 15) is 9.59 Å². The molecule has 0 spiro atoms. The molecule has 0 saturated heterocycles. The zero-order valence-corrected chi connectivity index (χ0v) is 11.9. The average Bonchev–Trinajstić information content (AvgIpc) is 2.60. The summed E-state index contributed by atoms with van der Waals surface area (Å²) in [6, 6.07) is 3.50. The maximum absolute atomic E-state index is 12.5. The van der Waals surface area contributed by atoms with Crippen LogP contribution >= 0.6 is 0 Å². The van der Waals surface area contributed by atoms with Gasteiger partial charge in [0.05, 0.1) is 5.69 Å². The number of hydrogen-bond donors (Lipinski definition) is 1. The summed E-state index contributed by atoms with van der Waals surface area (Å²) in [5.41, 5.74) is 4.06. The second-order valence-electron chi connectivity index (χ2n) is 5.09. The van der Waals surface area contributed by atoms with Crippen LogP contribution in [0.4, 0.5) is 5.69 Å². The molecule has 0 aliphatic carbocycles. The highest BCUT2D eigenvalue weighted by atomic mass is 16.2. The molecule has 19 heavy (non-hydrogen) atoms. The third-order valence-corrected chi connectivity index (χ3v) is 3.50. The Morgan fingerprint density at radius 3 is 2.53 bits per heavy atom. The van der Waals surface area contributed by atoms with Gasteiger partial charge in [0.15, 0.2) is 0 Å². The fraction of sp³-hybridized carbons (Fsp3) is 0.467. The summed E-state index contributed by atoms with van der Waals surface area (Å²) in [4.78, 5) is 25.6. The summed E-state index contributed by atoms with van der Waals surface area (Å²) in [7, 11) is 0. The van der Waals surface area contributed by atoms with Crippen molar-refractivity contribution in [1.82, 2.24) is 5.32 Å². The lowest BCUT2D eigenvalue weighted by Crippen LogP contribution is -2.37. The van der Waals surface area contributed by atoms with Crippen LogP contribution in [0.5, 0.6) is 0 Å². The average molecular weight is 260 g/mol. The van der Waals surface area contributed by atoms with Gasteiger partial charge < -0.3 is 10.2 Å². The van der Waals surface area contributed by atoms with Crippen LogP contribution in [-0.4, -0.2) is 18.4 Å². The van der Waals surface area contributed by atoms with Gasteiger partial charge in [-0.2, -0.15) is 0 Å². The van der Waals surface area contributed by atoms with Crippen LogP contribution in [-0.2, 0) is 9.59 Å². The molecule has 4 nitrogen and oxygen atoms in total. The maximum Gasteiger partial charge on any atom is 0.254 e. The van der Waals surface area contributed by atoms with E-state index in [-0.39, 0.29) is 11.8 Å². The summed E-state index contributed by atoms with van der Waals surface area (Å²) in [6.45, 7) is 8.16. The van der Waals surface area contributed by atoms with Crippen molar-refractivity contribution in [2.75, 3.05) is 11.4 Å². The van der Waals surface area contributed by atoms with Crippen molar-refractivity contribution in [3.05, 3.63) is 28.8 Å². The van der Waals surface area contributed by atoms with Crippen LogP contribution in [0.15, 0.2) is 12.1 Å². The van der Waals surface area contributed by atoms with Gasteiger partial charge in [0.2, 0.25) is 5.91 Å². The summed E-state index contributed by atoms with van der Waals surface area (Å²) < 4.78 is 0. The van der Waals surface area contributed by atoms with E-state index in [1.54, 1.807) is 4.90 Å². The van der Waals surface area contributed by atoms with Gasteiger partial charge in [-0.3, -0.25) is 9.59 Å². The minimum absolute atomic E-state index is 0.0237. The van der Waals surface area contributed by atoms with Crippen molar-refractivity contribution >= 4 is 17.5 Å². The first-order chi connectivity index (χ1) is 8.97. The molecule has 1 aromatic rings. The Morgan fingerprint density at radius 2 is 1.95 bits per heavy atom. The highest BCUT2D eigenvalue weighted by molar-refractivity contribution is 6.07. The second kappa shape index (κ2) is 5.03. The number of benzene rings is 1. The van der Waals surface area contributed by atoms with Gasteiger partial charge in [-0.05, 0) is 31.4 Å². The molecule has 1 heterocycles. The van der Waals surface area contributed by atoms with E-state index in [1.165, 1.54) is 6.92 Å². The Kier molecular flexibility index (Phi) is 3.60. The molecule has 2 rings (SSSR count). The Bertz CT molecular complexity index is 537. The SMILES string of the molecule is CCCN1C(=O)[C@@H](NC(C)=O)c2c(C)ccc(C)c21. The van der Waals surface area contributed by atoms with Crippen molar-refractivity contribution < 1.29 is 9.59 Å². The molecule has 1 atom stereocenters. The number of aryl methyl sites for hydroxylation is 2. The van der Waals surface area contributed by atoms with E-state index < -0.39 is 6.04 Å². The van der Waals surface area contributed by atoms with Gasteiger partial charge >= 0.3 is 0 Å². The molecule has 0 bridgehead atoms. The first-order valence-electron chi connectivity index (χ1n) is 6.66. The second-order valence-corrected chi connectivity index (χ2v) is 5.09. The van der Waals surface area contributed by atoms with Crippen molar-refractivity contribution in [2.24, 2.45) is 0 Å². The number of rotatable bonds is 3. The predicted molar refractivity (Wildman–Crippen MR) is 75.1 cm³/mol. The summed E-state index contributed by atoms with van der Waals surface area (Å²) >= 11 is 0. The van der Waals surface area contributed by atoms with E-state index >= 15 is 0 Å². The number of amides is 2.